The molecule has 1 atom stereocenters. The summed E-state index contributed by atoms with van der Waals surface area (Å²) in [5.74, 6) is 2.54. The lowest BCUT2D eigenvalue weighted by molar-refractivity contribution is 0.291. The molecular formula is C12H19N3. The van der Waals surface area contributed by atoms with Crippen molar-refractivity contribution in [1.29, 1.82) is 5.26 Å². The summed E-state index contributed by atoms with van der Waals surface area (Å²) in [6, 6.07) is 2.40. The molecule has 0 radical (unpaired) electrons. The lowest BCUT2D eigenvalue weighted by atomic mass is 9.92. The van der Waals surface area contributed by atoms with Crippen molar-refractivity contribution in [2.45, 2.75) is 31.7 Å². The highest BCUT2D eigenvalue weighted by molar-refractivity contribution is 5.10. The SMILES string of the molecule is C#CCNC1(C#N)CCCN(CC)CC1. The molecule has 0 aliphatic carbocycles. The molecule has 1 unspecified atom stereocenters. The molecule has 15 heavy (non-hydrogen) atoms. The Kier molecular flexibility index (Phi) is 4.62. The molecule has 3 nitrogen and oxygen atoms in total. The molecule has 1 aliphatic heterocycles. The van der Waals surface area contributed by atoms with Gasteiger partial charge < -0.3 is 4.90 Å². The van der Waals surface area contributed by atoms with Gasteiger partial charge in [-0.3, -0.25) is 5.32 Å². The highest BCUT2D eigenvalue weighted by Crippen LogP contribution is 2.21. The van der Waals surface area contributed by atoms with Crippen LogP contribution in [0.4, 0.5) is 0 Å². The van der Waals surface area contributed by atoms with Crippen molar-refractivity contribution in [3.05, 3.63) is 0 Å². The van der Waals surface area contributed by atoms with Crippen LogP contribution in [0.15, 0.2) is 0 Å². The second kappa shape index (κ2) is 5.75. The number of terminal acetylenes is 1. The van der Waals surface area contributed by atoms with E-state index in [0.29, 0.717) is 6.54 Å². The first-order valence-corrected chi connectivity index (χ1v) is 5.58. The van der Waals surface area contributed by atoms with Gasteiger partial charge in [0, 0.05) is 6.54 Å². The van der Waals surface area contributed by atoms with Crippen LogP contribution in [0.25, 0.3) is 0 Å². The maximum atomic E-state index is 9.25. The summed E-state index contributed by atoms with van der Waals surface area (Å²) >= 11 is 0. The van der Waals surface area contributed by atoms with Crippen molar-refractivity contribution >= 4 is 0 Å². The Morgan fingerprint density at radius 1 is 1.47 bits per heavy atom. The third kappa shape index (κ3) is 3.23. The summed E-state index contributed by atoms with van der Waals surface area (Å²) in [5, 5.41) is 12.4. The molecule has 1 saturated heterocycles. The van der Waals surface area contributed by atoms with Gasteiger partial charge in [-0.15, -0.1) is 6.42 Å². The van der Waals surface area contributed by atoms with Gasteiger partial charge in [0.2, 0.25) is 0 Å². The molecule has 0 saturated carbocycles. The lowest BCUT2D eigenvalue weighted by Gasteiger charge is -2.25. The topological polar surface area (TPSA) is 39.1 Å². The van der Waals surface area contributed by atoms with Gasteiger partial charge in [-0.25, -0.2) is 0 Å². The van der Waals surface area contributed by atoms with E-state index in [1.165, 1.54) is 0 Å². The minimum absolute atomic E-state index is 0.393. The summed E-state index contributed by atoms with van der Waals surface area (Å²) in [7, 11) is 0. The van der Waals surface area contributed by atoms with Gasteiger partial charge in [-0.05, 0) is 32.4 Å². The van der Waals surface area contributed by atoms with Gasteiger partial charge in [-0.1, -0.05) is 12.8 Å². The Morgan fingerprint density at radius 2 is 2.27 bits per heavy atom. The molecular weight excluding hydrogens is 186 g/mol. The minimum atomic E-state index is -0.393. The van der Waals surface area contributed by atoms with Crippen LogP contribution < -0.4 is 5.32 Å². The number of likely N-dealkylation sites (tertiary alicyclic amines) is 1. The molecule has 0 bridgehead atoms. The van der Waals surface area contributed by atoms with Crippen LogP contribution in [-0.2, 0) is 0 Å². The van der Waals surface area contributed by atoms with E-state index in [4.69, 9.17) is 6.42 Å². The van der Waals surface area contributed by atoms with Gasteiger partial charge in [0.15, 0.2) is 0 Å². The number of nitrogens with zero attached hydrogens (tertiary/aromatic N) is 2. The minimum Gasteiger partial charge on any atom is -0.304 e. The monoisotopic (exact) mass is 205 g/mol. The predicted octanol–water partition coefficient (Wildman–Crippen LogP) is 0.977. The van der Waals surface area contributed by atoms with E-state index in [1.54, 1.807) is 0 Å². The standard InChI is InChI=1S/C12H19N3/c1-3-8-14-12(11-13)6-5-9-15(4-2)10-7-12/h1,14H,4-10H2,2H3. The highest BCUT2D eigenvalue weighted by atomic mass is 15.1. The zero-order chi connectivity index (χ0) is 11.1. The van der Waals surface area contributed by atoms with E-state index >= 15 is 0 Å². The van der Waals surface area contributed by atoms with Crippen LogP contribution in [0.3, 0.4) is 0 Å². The molecule has 1 aliphatic rings. The van der Waals surface area contributed by atoms with Gasteiger partial charge in [0.25, 0.3) is 0 Å². The molecule has 1 heterocycles. The number of hydrogen-bond acceptors (Lipinski definition) is 3. The average Bonchev–Trinajstić information content (AvgIpc) is 2.49. The van der Waals surface area contributed by atoms with Crippen molar-refractivity contribution in [1.82, 2.24) is 10.2 Å². The second-order valence-corrected chi connectivity index (χ2v) is 4.04. The van der Waals surface area contributed by atoms with Gasteiger partial charge in [0.1, 0.15) is 5.54 Å². The quantitative estimate of drug-likeness (QED) is 0.698. The summed E-state index contributed by atoms with van der Waals surface area (Å²) in [6.07, 6.45) is 8.07. The van der Waals surface area contributed by atoms with Crippen molar-refractivity contribution in [3.8, 4) is 18.4 Å². The van der Waals surface area contributed by atoms with Crippen molar-refractivity contribution in [2.24, 2.45) is 0 Å². The van der Waals surface area contributed by atoms with E-state index in [2.05, 4.69) is 29.1 Å². The third-order valence-electron chi connectivity index (χ3n) is 3.12. The van der Waals surface area contributed by atoms with E-state index in [-0.39, 0.29) is 0 Å². The van der Waals surface area contributed by atoms with Crippen molar-refractivity contribution in [2.75, 3.05) is 26.2 Å². The van der Waals surface area contributed by atoms with Gasteiger partial charge in [-0.2, -0.15) is 5.26 Å². The predicted molar refractivity (Wildman–Crippen MR) is 61.1 cm³/mol. The fourth-order valence-electron chi connectivity index (χ4n) is 2.05. The molecule has 0 aromatic heterocycles. The molecule has 0 spiro atoms. The number of nitrogens with one attached hydrogen (secondary N) is 1. The Morgan fingerprint density at radius 3 is 2.87 bits per heavy atom. The lowest BCUT2D eigenvalue weighted by Crippen LogP contribution is -2.44. The first-order chi connectivity index (χ1) is 7.26. The molecule has 0 aromatic carbocycles. The third-order valence-corrected chi connectivity index (χ3v) is 3.12. The maximum Gasteiger partial charge on any atom is 0.108 e. The van der Waals surface area contributed by atoms with Crippen LogP contribution in [0.5, 0.6) is 0 Å². The maximum absolute atomic E-state index is 9.25. The molecule has 0 amide bonds. The van der Waals surface area contributed by atoms with E-state index in [9.17, 15) is 5.26 Å². The second-order valence-electron chi connectivity index (χ2n) is 4.04. The van der Waals surface area contributed by atoms with Gasteiger partial charge in [0.05, 0.1) is 12.6 Å². The van der Waals surface area contributed by atoms with Crippen LogP contribution in [0.1, 0.15) is 26.2 Å². The van der Waals surface area contributed by atoms with E-state index in [1.807, 2.05) is 0 Å². The normalized spacial score (nSPS) is 27.7. The largest absolute Gasteiger partial charge is 0.304 e. The summed E-state index contributed by atoms with van der Waals surface area (Å²) in [5.41, 5.74) is -0.393. The average molecular weight is 205 g/mol. The smallest absolute Gasteiger partial charge is 0.108 e. The molecule has 1 fully saturated rings. The van der Waals surface area contributed by atoms with E-state index in [0.717, 1.165) is 38.9 Å². The van der Waals surface area contributed by atoms with Crippen LogP contribution >= 0.6 is 0 Å². The number of rotatable bonds is 3. The first kappa shape index (κ1) is 12.0. The highest BCUT2D eigenvalue weighted by Gasteiger charge is 2.31. The fourth-order valence-corrected chi connectivity index (χ4v) is 2.05. The molecule has 3 heteroatoms. The number of nitriles is 1. The summed E-state index contributed by atoms with van der Waals surface area (Å²) in [6.45, 7) is 5.80. The Labute approximate surface area is 92.4 Å². The van der Waals surface area contributed by atoms with Crippen molar-refractivity contribution < 1.29 is 0 Å². The van der Waals surface area contributed by atoms with Crippen LogP contribution in [-0.4, -0.2) is 36.6 Å². The van der Waals surface area contributed by atoms with Crippen molar-refractivity contribution in [3.63, 3.8) is 0 Å². The molecule has 1 N–H and O–H groups in total. The van der Waals surface area contributed by atoms with Crippen LogP contribution in [0.2, 0.25) is 0 Å². The zero-order valence-corrected chi connectivity index (χ0v) is 9.42. The zero-order valence-electron chi connectivity index (χ0n) is 9.42. The Hall–Kier alpha value is -1.03. The Balaban J connectivity index is 2.59. The molecule has 82 valence electrons. The first-order valence-electron chi connectivity index (χ1n) is 5.58. The molecule has 0 aromatic rings. The van der Waals surface area contributed by atoms with E-state index < -0.39 is 5.54 Å². The molecule has 1 rings (SSSR count). The Bertz CT molecular complexity index is 274. The summed E-state index contributed by atoms with van der Waals surface area (Å²) < 4.78 is 0. The van der Waals surface area contributed by atoms with Gasteiger partial charge >= 0.3 is 0 Å². The summed E-state index contributed by atoms with van der Waals surface area (Å²) in [4.78, 5) is 2.39. The number of hydrogen-bond donors (Lipinski definition) is 1. The van der Waals surface area contributed by atoms with Crippen LogP contribution in [0, 0.1) is 23.7 Å². The fraction of sp³-hybridized carbons (Fsp3) is 0.750.